The van der Waals surface area contributed by atoms with E-state index in [9.17, 15) is 21.6 Å². The van der Waals surface area contributed by atoms with E-state index in [1.807, 2.05) is 0 Å². The van der Waals surface area contributed by atoms with E-state index < -0.39 is 31.8 Å². The first-order chi connectivity index (χ1) is 9.55. The molecular weight excluding hydrogens is 320 g/mol. The Labute approximate surface area is 123 Å². The second-order valence-corrected chi connectivity index (χ2v) is 7.47. The van der Waals surface area contributed by atoms with Crippen LogP contribution >= 0.6 is 0 Å². The predicted molar refractivity (Wildman–Crippen MR) is 76.6 cm³/mol. The monoisotopic (exact) mass is 336 g/mol. The zero-order chi connectivity index (χ0) is 16.3. The molecule has 1 aromatic carbocycles. The number of hydrogen-bond donors (Lipinski definition) is 2. The fraction of sp³-hybridized carbons (Fsp3) is 0.364. The highest BCUT2D eigenvalue weighted by atomic mass is 32.2. The summed E-state index contributed by atoms with van der Waals surface area (Å²) in [6.45, 7) is 3.20. The van der Waals surface area contributed by atoms with Gasteiger partial charge >= 0.3 is 5.97 Å². The molecule has 0 bridgehead atoms. The van der Waals surface area contributed by atoms with Crippen LogP contribution in [0.2, 0.25) is 0 Å². The van der Waals surface area contributed by atoms with Gasteiger partial charge in [-0.25, -0.2) is 22.0 Å². The van der Waals surface area contributed by atoms with E-state index in [0.717, 1.165) is 6.07 Å². The van der Waals surface area contributed by atoms with Crippen molar-refractivity contribution in [2.75, 3.05) is 17.1 Å². The average molecular weight is 336 g/mol. The second kappa shape index (κ2) is 6.41. The Morgan fingerprint density at radius 2 is 1.90 bits per heavy atom. The van der Waals surface area contributed by atoms with Gasteiger partial charge in [0.1, 0.15) is 0 Å². The highest BCUT2D eigenvalue weighted by molar-refractivity contribution is 7.93. The molecule has 0 spiro atoms. The van der Waals surface area contributed by atoms with Gasteiger partial charge < -0.3 is 4.74 Å². The molecule has 0 aliphatic carbocycles. The first-order valence-corrected chi connectivity index (χ1v) is 9.04. The van der Waals surface area contributed by atoms with Crippen molar-refractivity contribution in [1.82, 2.24) is 0 Å². The smallest absolute Gasteiger partial charge is 0.323 e. The molecule has 0 heterocycles. The van der Waals surface area contributed by atoms with Gasteiger partial charge in [-0.2, -0.15) is 0 Å². The summed E-state index contributed by atoms with van der Waals surface area (Å²) < 4.78 is 52.8. The van der Waals surface area contributed by atoms with Crippen LogP contribution in [0.3, 0.4) is 0 Å². The highest BCUT2D eigenvalue weighted by Gasteiger charge is 2.19. The molecule has 21 heavy (non-hydrogen) atoms. The number of nitrogens with one attached hydrogen (secondary N) is 1. The van der Waals surface area contributed by atoms with E-state index in [4.69, 9.17) is 5.14 Å². The van der Waals surface area contributed by atoms with Crippen LogP contribution < -0.4 is 9.86 Å². The zero-order valence-electron chi connectivity index (χ0n) is 11.5. The lowest BCUT2D eigenvalue weighted by Crippen LogP contribution is -2.25. The molecule has 0 saturated carbocycles. The quantitative estimate of drug-likeness (QED) is 0.700. The summed E-state index contributed by atoms with van der Waals surface area (Å²) in [5.74, 6) is -1.76. The molecule has 0 unspecified atom stereocenters. The molecule has 0 amide bonds. The molecule has 0 fully saturated rings. The van der Waals surface area contributed by atoms with Crippen molar-refractivity contribution in [1.29, 1.82) is 0 Å². The minimum atomic E-state index is -4.00. The van der Waals surface area contributed by atoms with Gasteiger partial charge in [0.15, 0.2) is 5.75 Å². The number of carbonyl (C=O) groups is 1. The molecule has 0 aliphatic rings. The van der Waals surface area contributed by atoms with Crippen molar-refractivity contribution in [2.24, 2.45) is 5.14 Å². The number of carbonyl (C=O) groups excluding carboxylic acids is 1. The number of anilines is 1. The molecule has 1 rings (SSSR count). The van der Waals surface area contributed by atoms with Gasteiger partial charge in [0, 0.05) is 0 Å². The predicted octanol–water partition coefficient (Wildman–Crippen LogP) is -0.0528. The van der Waals surface area contributed by atoms with Crippen molar-refractivity contribution in [3.05, 3.63) is 23.8 Å². The number of esters is 1. The molecule has 0 radical (unpaired) electrons. The standard InChI is InChI=1S/C11H16N2O6S2/c1-3-19-11(14)7-20(15,16)13-10-6-9(21(12,17)18)5-4-8(10)2/h4-6,13H,3,7H2,1-2H3,(H2,12,17,18). The topological polar surface area (TPSA) is 133 Å². The number of primary sulfonamides is 1. The number of sulfonamides is 2. The van der Waals surface area contributed by atoms with Crippen LogP contribution in [-0.2, 0) is 29.6 Å². The van der Waals surface area contributed by atoms with Gasteiger partial charge in [0.05, 0.1) is 17.2 Å². The SMILES string of the molecule is CCOC(=O)CS(=O)(=O)Nc1cc(S(N)(=O)=O)ccc1C. The third-order valence-electron chi connectivity index (χ3n) is 2.42. The first kappa shape index (κ1) is 17.4. The molecular formula is C11H16N2O6S2. The summed E-state index contributed by atoms with van der Waals surface area (Å²) in [4.78, 5) is 11.0. The van der Waals surface area contributed by atoms with E-state index in [0.29, 0.717) is 5.56 Å². The number of hydrogen-bond acceptors (Lipinski definition) is 6. The lowest BCUT2D eigenvalue weighted by atomic mass is 10.2. The molecule has 0 saturated heterocycles. The van der Waals surface area contributed by atoms with Crippen molar-refractivity contribution in [3.63, 3.8) is 0 Å². The van der Waals surface area contributed by atoms with Crippen molar-refractivity contribution < 1.29 is 26.4 Å². The Hall–Kier alpha value is -1.65. The molecule has 1 aromatic rings. The maximum atomic E-state index is 11.8. The Morgan fingerprint density at radius 3 is 2.43 bits per heavy atom. The van der Waals surface area contributed by atoms with Crippen LogP contribution in [0.1, 0.15) is 12.5 Å². The number of nitrogens with two attached hydrogens (primary N) is 1. The third-order valence-corrected chi connectivity index (χ3v) is 4.47. The van der Waals surface area contributed by atoms with Gasteiger partial charge in [-0.05, 0) is 31.5 Å². The Balaban J connectivity index is 3.04. The minimum Gasteiger partial charge on any atom is -0.465 e. The molecule has 118 valence electrons. The van der Waals surface area contributed by atoms with Crippen LogP contribution in [0.15, 0.2) is 23.1 Å². The largest absolute Gasteiger partial charge is 0.465 e. The Kier molecular flexibility index (Phi) is 5.31. The molecule has 3 N–H and O–H groups in total. The second-order valence-electron chi connectivity index (χ2n) is 4.19. The van der Waals surface area contributed by atoms with E-state index in [2.05, 4.69) is 9.46 Å². The summed E-state index contributed by atoms with van der Waals surface area (Å²) in [6.07, 6.45) is 0. The van der Waals surface area contributed by atoms with Crippen molar-refractivity contribution >= 4 is 31.7 Å². The van der Waals surface area contributed by atoms with Crippen LogP contribution in [0, 0.1) is 6.92 Å². The molecule has 10 heteroatoms. The highest BCUT2D eigenvalue weighted by Crippen LogP contribution is 2.20. The van der Waals surface area contributed by atoms with Gasteiger partial charge in [0.2, 0.25) is 20.0 Å². The van der Waals surface area contributed by atoms with Gasteiger partial charge in [-0.3, -0.25) is 9.52 Å². The van der Waals surface area contributed by atoms with Gasteiger partial charge in [0.25, 0.3) is 0 Å². The molecule has 0 atom stereocenters. The lowest BCUT2D eigenvalue weighted by molar-refractivity contribution is -0.139. The normalized spacial score (nSPS) is 12.0. The lowest BCUT2D eigenvalue weighted by Gasteiger charge is -2.11. The van der Waals surface area contributed by atoms with Crippen LogP contribution in [-0.4, -0.2) is 35.2 Å². The third kappa shape index (κ3) is 5.33. The zero-order valence-corrected chi connectivity index (χ0v) is 13.1. The Bertz CT molecular complexity index is 740. The number of aryl methyl sites for hydroxylation is 1. The van der Waals surface area contributed by atoms with Crippen LogP contribution in [0.4, 0.5) is 5.69 Å². The van der Waals surface area contributed by atoms with Crippen LogP contribution in [0.5, 0.6) is 0 Å². The summed E-state index contributed by atoms with van der Waals surface area (Å²) in [5.41, 5.74) is 0.514. The van der Waals surface area contributed by atoms with E-state index in [1.54, 1.807) is 13.8 Å². The average Bonchev–Trinajstić information content (AvgIpc) is 2.29. The summed E-state index contributed by atoms with van der Waals surface area (Å²) in [5, 5.41) is 4.98. The van der Waals surface area contributed by atoms with E-state index in [-0.39, 0.29) is 17.2 Å². The molecule has 0 aliphatic heterocycles. The summed E-state index contributed by atoms with van der Waals surface area (Å²) >= 11 is 0. The van der Waals surface area contributed by atoms with Gasteiger partial charge in [-0.1, -0.05) is 6.07 Å². The number of benzene rings is 1. The fourth-order valence-corrected chi connectivity index (χ4v) is 3.01. The maximum Gasteiger partial charge on any atom is 0.323 e. The number of rotatable bonds is 6. The fourth-order valence-electron chi connectivity index (χ4n) is 1.45. The Morgan fingerprint density at radius 1 is 1.29 bits per heavy atom. The maximum absolute atomic E-state index is 11.8. The summed E-state index contributed by atoms with van der Waals surface area (Å²) in [6, 6.07) is 3.75. The van der Waals surface area contributed by atoms with E-state index in [1.165, 1.54) is 12.1 Å². The van der Waals surface area contributed by atoms with E-state index >= 15 is 0 Å². The van der Waals surface area contributed by atoms with Crippen molar-refractivity contribution in [3.8, 4) is 0 Å². The molecule has 8 nitrogen and oxygen atoms in total. The van der Waals surface area contributed by atoms with Gasteiger partial charge in [-0.15, -0.1) is 0 Å². The first-order valence-electron chi connectivity index (χ1n) is 5.84. The summed E-state index contributed by atoms with van der Waals surface area (Å²) in [7, 11) is -7.96. The van der Waals surface area contributed by atoms with Crippen LogP contribution in [0.25, 0.3) is 0 Å². The van der Waals surface area contributed by atoms with Crippen molar-refractivity contribution in [2.45, 2.75) is 18.7 Å². The molecule has 0 aromatic heterocycles. The minimum absolute atomic E-state index is 0.0332. The number of ether oxygens (including phenoxy) is 1.